The zero-order valence-electron chi connectivity index (χ0n) is 22.0. The van der Waals surface area contributed by atoms with E-state index < -0.39 is 12.0 Å². The second-order valence-electron chi connectivity index (χ2n) is 9.74. The number of carbonyl (C=O) groups excluding carboxylic acids is 3. The van der Waals surface area contributed by atoms with Crippen LogP contribution in [-0.4, -0.2) is 79.0 Å². The van der Waals surface area contributed by atoms with E-state index in [1.165, 1.54) is 16.7 Å². The van der Waals surface area contributed by atoms with E-state index in [-0.39, 0.29) is 18.5 Å². The van der Waals surface area contributed by atoms with E-state index >= 15 is 0 Å². The Labute approximate surface area is 218 Å². The highest BCUT2D eigenvalue weighted by molar-refractivity contribution is 5.95. The zero-order valence-corrected chi connectivity index (χ0v) is 22.0. The molecule has 1 atom stereocenters. The molecule has 1 unspecified atom stereocenters. The van der Waals surface area contributed by atoms with Crippen LogP contribution in [0.3, 0.4) is 0 Å². The van der Waals surface area contributed by atoms with E-state index in [0.717, 1.165) is 18.5 Å². The van der Waals surface area contributed by atoms with Gasteiger partial charge in [-0.25, -0.2) is 9.59 Å². The normalized spacial score (nSPS) is 19.2. The van der Waals surface area contributed by atoms with Gasteiger partial charge in [0, 0.05) is 45.5 Å². The number of hydrogen-bond acceptors (Lipinski definition) is 6. The maximum atomic E-state index is 13.3. The Morgan fingerprint density at radius 1 is 1.11 bits per heavy atom. The minimum Gasteiger partial charge on any atom is -0.463 e. The number of nitrogens with zero attached hydrogens (tertiary/aromatic N) is 3. The van der Waals surface area contributed by atoms with Crippen LogP contribution in [0.15, 0.2) is 58.3 Å². The largest absolute Gasteiger partial charge is 0.463 e. The standard InChI is InChI=1S/C28H36N4O5/c1-5-36-27(34)24-22(18-31-13-7-14-32(16-15-31)26(33)23-8-6-17-37-23)30(4)28(35)29-25(24)21-11-9-20(10-12-21)19(2)3/h6,8-12,17,19,25H,5,7,13-16,18H2,1-4H3,(H,29,35). The average Bonchev–Trinajstić information content (AvgIpc) is 3.33. The summed E-state index contributed by atoms with van der Waals surface area (Å²) in [5.41, 5.74) is 3.07. The topological polar surface area (TPSA) is 95.3 Å². The van der Waals surface area contributed by atoms with Gasteiger partial charge in [-0.15, -0.1) is 0 Å². The molecule has 3 amide bonds. The molecule has 0 aliphatic carbocycles. The SMILES string of the molecule is CCOC(=O)C1=C(CN2CCCN(C(=O)c3ccco3)CC2)N(C)C(=O)NC1c1ccc(C(C)C)cc1. The highest BCUT2D eigenvalue weighted by atomic mass is 16.5. The predicted octanol–water partition coefficient (Wildman–Crippen LogP) is 3.76. The Kier molecular flexibility index (Phi) is 8.33. The Bertz CT molecular complexity index is 1140. The van der Waals surface area contributed by atoms with E-state index in [4.69, 9.17) is 9.15 Å². The lowest BCUT2D eigenvalue weighted by atomic mass is 9.92. The molecule has 0 radical (unpaired) electrons. The third-order valence-corrected chi connectivity index (χ3v) is 6.99. The van der Waals surface area contributed by atoms with Gasteiger partial charge in [-0.3, -0.25) is 14.6 Å². The van der Waals surface area contributed by atoms with E-state index in [0.29, 0.717) is 49.1 Å². The van der Waals surface area contributed by atoms with Gasteiger partial charge < -0.3 is 19.4 Å². The summed E-state index contributed by atoms with van der Waals surface area (Å²) in [7, 11) is 1.67. The molecule has 2 aliphatic rings. The maximum absolute atomic E-state index is 13.3. The molecular weight excluding hydrogens is 472 g/mol. The van der Waals surface area contributed by atoms with Gasteiger partial charge in [0.25, 0.3) is 5.91 Å². The third-order valence-electron chi connectivity index (χ3n) is 6.99. The Balaban J connectivity index is 1.61. The fourth-order valence-corrected chi connectivity index (χ4v) is 4.82. The van der Waals surface area contributed by atoms with Crippen molar-refractivity contribution < 1.29 is 23.5 Å². The molecule has 3 heterocycles. The van der Waals surface area contributed by atoms with Gasteiger partial charge in [-0.05, 0) is 42.5 Å². The molecule has 1 saturated heterocycles. The number of carbonyl (C=O) groups is 3. The Hall–Kier alpha value is -3.59. The fourth-order valence-electron chi connectivity index (χ4n) is 4.82. The highest BCUT2D eigenvalue weighted by Crippen LogP contribution is 2.32. The van der Waals surface area contributed by atoms with Crippen molar-refractivity contribution >= 4 is 17.9 Å². The molecule has 2 aliphatic heterocycles. The number of nitrogens with one attached hydrogen (secondary N) is 1. The first-order valence-corrected chi connectivity index (χ1v) is 12.9. The van der Waals surface area contributed by atoms with Crippen LogP contribution >= 0.6 is 0 Å². The number of rotatable bonds is 7. The molecule has 0 spiro atoms. The van der Waals surface area contributed by atoms with Crippen LogP contribution in [0.4, 0.5) is 4.79 Å². The second kappa shape index (κ2) is 11.6. The molecule has 198 valence electrons. The molecule has 1 aromatic heterocycles. The number of esters is 1. The molecule has 37 heavy (non-hydrogen) atoms. The lowest BCUT2D eigenvalue weighted by Crippen LogP contribution is -2.49. The summed E-state index contributed by atoms with van der Waals surface area (Å²) in [6.07, 6.45) is 2.27. The molecule has 9 heteroatoms. The average molecular weight is 509 g/mol. The molecule has 0 saturated carbocycles. The fraction of sp³-hybridized carbons (Fsp3) is 0.464. The molecule has 0 bridgehead atoms. The highest BCUT2D eigenvalue weighted by Gasteiger charge is 2.37. The summed E-state index contributed by atoms with van der Waals surface area (Å²) in [4.78, 5) is 44.5. The van der Waals surface area contributed by atoms with E-state index in [2.05, 4.69) is 24.1 Å². The number of amides is 3. The maximum Gasteiger partial charge on any atom is 0.338 e. The third kappa shape index (κ3) is 5.88. The summed E-state index contributed by atoms with van der Waals surface area (Å²) >= 11 is 0. The van der Waals surface area contributed by atoms with Crippen molar-refractivity contribution in [3.05, 3.63) is 70.8 Å². The summed E-state index contributed by atoms with van der Waals surface area (Å²) < 4.78 is 10.7. The van der Waals surface area contributed by atoms with Gasteiger partial charge in [0.15, 0.2) is 5.76 Å². The van der Waals surface area contributed by atoms with Crippen LogP contribution in [0.5, 0.6) is 0 Å². The lowest BCUT2D eigenvalue weighted by molar-refractivity contribution is -0.139. The minimum absolute atomic E-state index is 0.127. The van der Waals surface area contributed by atoms with Gasteiger partial charge in [0.2, 0.25) is 0 Å². The van der Waals surface area contributed by atoms with Crippen LogP contribution in [0.25, 0.3) is 0 Å². The summed E-state index contributed by atoms with van der Waals surface area (Å²) in [5, 5.41) is 2.98. The molecule has 1 aromatic carbocycles. The monoisotopic (exact) mass is 508 g/mol. The number of hydrogen-bond donors (Lipinski definition) is 1. The summed E-state index contributed by atoms with van der Waals surface area (Å²) in [5.74, 6) is 0.138. The van der Waals surface area contributed by atoms with Crippen LogP contribution in [0.1, 0.15) is 60.8 Å². The van der Waals surface area contributed by atoms with Gasteiger partial charge in [-0.1, -0.05) is 38.1 Å². The van der Waals surface area contributed by atoms with Gasteiger partial charge in [-0.2, -0.15) is 0 Å². The van der Waals surface area contributed by atoms with Crippen LogP contribution < -0.4 is 5.32 Å². The summed E-state index contributed by atoms with van der Waals surface area (Å²) in [6, 6.07) is 10.5. The van der Waals surface area contributed by atoms with E-state index in [1.807, 2.05) is 24.3 Å². The number of likely N-dealkylation sites (N-methyl/N-ethyl adjacent to an activating group) is 1. The van der Waals surface area contributed by atoms with Gasteiger partial charge in [0.05, 0.1) is 24.5 Å². The summed E-state index contributed by atoms with van der Waals surface area (Å²) in [6.45, 7) is 9.12. The molecular formula is C28H36N4O5. The van der Waals surface area contributed by atoms with Crippen molar-refractivity contribution in [2.24, 2.45) is 0 Å². The van der Waals surface area contributed by atoms with Crippen molar-refractivity contribution in [2.45, 2.75) is 39.2 Å². The van der Waals surface area contributed by atoms with Crippen molar-refractivity contribution in [3.63, 3.8) is 0 Å². The van der Waals surface area contributed by atoms with Crippen molar-refractivity contribution in [3.8, 4) is 0 Å². The first-order chi connectivity index (χ1) is 17.8. The number of ether oxygens (including phenoxy) is 1. The Morgan fingerprint density at radius 2 is 1.86 bits per heavy atom. The van der Waals surface area contributed by atoms with E-state index in [1.54, 1.807) is 31.0 Å². The predicted molar refractivity (Wildman–Crippen MR) is 139 cm³/mol. The molecule has 9 nitrogen and oxygen atoms in total. The smallest absolute Gasteiger partial charge is 0.338 e. The number of urea groups is 1. The quantitative estimate of drug-likeness (QED) is 0.572. The molecule has 1 N–H and O–H groups in total. The minimum atomic E-state index is -0.608. The zero-order chi connectivity index (χ0) is 26.5. The van der Waals surface area contributed by atoms with Gasteiger partial charge >= 0.3 is 12.0 Å². The van der Waals surface area contributed by atoms with Crippen molar-refractivity contribution in [2.75, 3.05) is 46.4 Å². The lowest BCUT2D eigenvalue weighted by Gasteiger charge is -2.36. The number of furan rings is 1. The molecule has 2 aromatic rings. The first kappa shape index (κ1) is 26.5. The van der Waals surface area contributed by atoms with E-state index in [9.17, 15) is 14.4 Å². The Morgan fingerprint density at radius 3 is 2.51 bits per heavy atom. The second-order valence-corrected chi connectivity index (χ2v) is 9.74. The van der Waals surface area contributed by atoms with Crippen LogP contribution in [0.2, 0.25) is 0 Å². The van der Waals surface area contributed by atoms with Crippen LogP contribution in [-0.2, 0) is 9.53 Å². The van der Waals surface area contributed by atoms with Crippen LogP contribution in [0, 0.1) is 0 Å². The molecule has 1 fully saturated rings. The van der Waals surface area contributed by atoms with Crippen molar-refractivity contribution in [1.82, 2.24) is 20.0 Å². The molecule has 4 rings (SSSR count). The first-order valence-electron chi connectivity index (χ1n) is 12.9. The van der Waals surface area contributed by atoms with Crippen molar-refractivity contribution in [1.29, 1.82) is 0 Å². The number of benzene rings is 1. The van der Waals surface area contributed by atoms with Gasteiger partial charge in [0.1, 0.15) is 0 Å².